The van der Waals surface area contributed by atoms with Crippen molar-refractivity contribution in [3.63, 3.8) is 0 Å². The van der Waals surface area contributed by atoms with E-state index >= 15 is 0 Å². The molecule has 1 aliphatic rings. The molecule has 0 radical (unpaired) electrons. The van der Waals surface area contributed by atoms with E-state index in [4.69, 9.17) is 26.8 Å². The van der Waals surface area contributed by atoms with Crippen LogP contribution in [0.25, 0.3) is 0 Å². The van der Waals surface area contributed by atoms with E-state index in [-0.39, 0.29) is 10.6 Å². The molecule has 7 nitrogen and oxygen atoms in total. The van der Waals surface area contributed by atoms with Gasteiger partial charge in [-0.1, -0.05) is 11.6 Å². The Morgan fingerprint density at radius 2 is 1.96 bits per heavy atom. The van der Waals surface area contributed by atoms with Crippen molar-refractivity contribution in [2.24, 2.45) is 5.92 Å². The fraction of sp³-hybridized carbons (Fsp3) is 0.579. The monoisotopic (exact) mass is 397 g/mol. The molecule has 1 aliphatic heterocycles. The third-order valence-electron chi connectivity index (χ3n) is 4.39. The fourth-order valence-corrected chi connectivity index (χ4v) is 3.36. The van der Waals surface area contributed by atoms with Gasteiger partial charge in [0, 0.05) is 5.56 Å². The Bertz CT molecular complexity index is 710. The lowest BCUT2D eigenvalue weighted by Crippen LogP contribution is -2.36. The van der Waals surface area contributed by atoms with Crippen LogP contribution in [-0.4, -0.2) is 37.8 Å². The van der Waals surface area contributed by atoms with Gasteiger partial charge in [-0.05, 0) is 65.1 Å². The van der Waals surface area contributed by atoms with Crippen LogP contribution in [0, 0.1) is 5.92 Å². The van der Waals surface area contributed by atoms with Crippen LogP contribution in [0.15, 0.2) is 6.07 Å². The van der Waals surface area contributed by atoms with E-state index in [1.165, 1.54) is 13.2 Å². The van der Waals surface area contributed by atoms with Gasteiger partial charge >= 0.3 is 6.09 Å². The fourth-order valence-electron chi connectivity index (χ4n) is 3.14. The Balaban J connectivity index is 2.30. The first-order chi connectivity index (χ1) is 12.6. The number of benzene rings is 1. The number of carbonyl (C=O) groups excluding carboxylic acids is 2. The van der Waals surface area contributed by atoms with Gasteiger partial charge in [0.15, 0.2) is 0 Å². The third-order valence-corrected chi connectivity index (χ3v) is 4.70. The van der Waals surface area contributed by atoms with Crippen molar-refractivity contribution >= 4 is 29.3 Å². The van der Waals surface area contributed by atoms with E-state index in [1.54, 1.807) is 20.8 Å². The number of anilines is 1. The molecule has 8 heteroatoms. The second-order valence-electron chi connectivity index (χ2n) is 7.68. The predicted molar refractivity (Wildman–Crippen MR) is 105 cm³/mol. The highest BCUT2D eigenvalue weighted by Crippen LogP contribution is 2.37. The second-order valence-corrected chi connectivity index (χ2v) is 8.09. The standard InChI is InChI=1S/C19H28ClN3O4/c1-19(2,3)27-18(25)23-17(24)13-10-14(20)15(21)12(16(13)26-4)9-11-5-7-22-8-6-11/h10-11,22H,5-9,21H2,1-4H3,(H,23,24,25). The van der Waals surface area contributed by atoms with E-state index < -0.39 is 17.6 Å². The van der Waals surface area contributed by atoms with Gasteiger partial charge in [0.2, 0.25) is 0 Å². The smallest absolute Gasteiger partial charge is 0.414 e. The van der Waals surface area contributed by atoms with E-state index in [0.29, 0.717) is 29.3 Å². The molecular weight excluding hydrogens is 370 g/mol. The molecule has 1 saturated heterocycles. The third kappa shape index (κ3) is 5.74. The van der Waals surface area contributed by atoms with Gasteiger partial charge in [0.05, 0.1) is 23.4 Å². The van der Waals surface area contributed by atoms with E-state index in [1.807, 2.05) is 0 Å². The highest BCUT2D eigenvalue weighted by atomic mass is 35.5. The summed E-state index contributed by atoms with van der Waals surface area (Å²) in [5, 5.41) is 5.79. The molecule has 2 amide bonds. The lowest BCUT2D eigenvalue weighted by molar-refractivity contribution is 0.0508. The zero-order valence-electron chi connectivity index (χ0n) is 16.3. The molecule has 0 spiro atoms. The quantitative estimate of drug-likeness (QED) is 0.674. The summed E-state index contributed by atoms with van der Waals surface area (Å²) >= 11 is 6.26. The summed E-state index contributed by atoms with van der Waals surface area (Å²) in [7, 11) is 1.47. The molecule has 1 fully saturated rings. The minimum Gasteiger partial charge on any atom is -0.496 e. The van der Waals surface area contributed by atoms with Gasteiger partial charge in [-0.2, -0.15) is 0 Å². The molecule has 150 valence electrons. The van der Waals surface area contributed by atoms with Crippen molar-refractivity contribution in [1.29, 1.82) is 0 Å². The van der Waals surface area contributed by atoms with Crippen LogP contribution >= 0.6 is 11.6 Å². The lowest BCUT2D eigenvalue weighted by atomic mass is 9.89. The Labute approximate surface area is 164 Å². The number of nitrogen functional groups attached to an aromatic ring is 1. The first-order valence-corrected chi connectivity index (χ1v) is 9.40. The summed E-state index contributed by atoms with van der Waals surface area (Å²) in [6, 6.07) is 1.42. The number of methoxy groups -OCH3 is 1. The van der Waals surface area contributed by atoms with Crippen molar-refractivity contribution in [3.05, 3.63) is 22.2 Å². The second kappa shape index (κ2) is 8.80. The molecule has 0 atom stereocenters. The van der Waals surface area contributed by atoms with Gasteiger partial charge in [-0.15, -0.1) is 0 Å². The van der Waals surface area contributed by atoms with Crippen molar-refractivity contribution in [1.82, 2.24) is 10.6 Å². The number of ether oxygens (including phenoxy) is 2. The van der Waals surface area contributed by atoms with E-state index in [0.717, 1.165) is 25.9 Å². The SMILES string of the molecule is COc1c(C(=O)NC(=O)OC(C)(C)C)cc(Cl)c(N)c1CC1CCNCC1. The van der Waals surface area contributed by atoms with Crippen LogP contribution in [0.5, 0.6) is 5.75 Å². The average molecular weight is 398 g/mol. The van der Waals surface area contributed by atoms with Gasteiger partial charge in [-0.25, -0.2) is 4.79 Å². The molecule has 27 heavy (non-hydrogen) atoms. The van der Waals surface area contributed by atoms with Crippen LogP contribution in [0.4, 0.5) is 10.5 Å². The topological polar surface area (TPSA) is 103 Å². The van der Waals surface area contributed by atoms with E-state index in [2.05, 4.69) is 10.6 Å². The van der Waals surface area contributed by atoms with Crippen LogP contribution in [0.2, 0.25) is 5.02 Å². The van der Waals surface area contributed by atoms with Gasteiger partial charge in [0.1, 0.15) is 11.4 Å². The average Bonchev–Trinajstić information content (AvgIpc) is 2.57. The lowest BCUT2D eigenvalue weighted by Gasteiger charge is -2.25. The number of hydrogen-bond acceptors (Lipinski definition) is 6. The number of rotatable bonds is 4. The number of halogens is 1. The number of hydrogen-bond donors (Lipinski definition) is 3. The summed E-state index contributed by atoms with van der Waals surface area (Å²) in [5.74, 6) is 0.119. The Hall–Kier alpha value is -1.99. The number of imide groups is 1. The summed E-state index contributed by atoms with van der Waals surface area (Å²) in [6.45, 7) is 7.04. The summed E-state index contributed by atoms with van der Waals surface area (Å²) < 4.78 is 10.6. The zero-order valence-corrected chi connectivity index (χ0v) is 17.0. The molecular formula is C19H28ClN3O4. The van der Waals surface area contributed by atoms with Crippen molar-refractivity contribution in [2.45, 2.75) is 45.6 Å². The van der Waals surface area contributed by atoms with Gasteiger partial charge < -0.3 is 20.5 Å². The molecule has 1 heterocycles. The number of carbonyl (C=O) groups is 2. The van der Waals surface area contributed by atoms with Crippen LogP contribution in [0.1, 0.15) is 49.5 Å². The molecule has 0 unspecified atom stereocenters. The van der Waals surface area contributed by atoms with E-state index in [9.17, 15) is 9.59 Å². The number of nitrogens with two attached hydrogens (primary N) is 1. The normalized spacial score (nSPS) is 15.3. The van der Waals surface area contributed by atoms with Crippen LogP contribution in [-0.2, 0) is 11.2 Å². The predicted octanol–water partition coefficient (Wildman–Crippen LogP) is 3.14. The maximum atomic E-state index is 12.6. The first kappa shape index (κ1) is 21.3. The Morgan fingerprint density at radius 3 is 2.52 bits per heavy atom. The van der Waals surface area contributed by atoms with Crippen molar-refractivity contribution in [2.75, 3.05) is 25.9 Å². The van der Waals surface area contributed by atoms with Crippen LogP contribution < -0.4 is 21.1 Å². The Morgan fingerprint density at radius 1 is 1.33 bits per heavy atom. The molecule has 2 rings (SSSR count). The summed E-state index contributed by atoms with van der Waals surface area (Å²) in [4.78, 5) is 24.6. The molecule has 1 aromatic carbocycles. The molecule has 0 aliphatic carbocycles. The molecule has 0 aromatic heterocycles. The highest BCUT2D eigenvalue weighted by Gasteiger charge is 2.26. The largest absolute Gasteiger partial charge is 0.496 e. The Kier molecular flexibility index (Phi) is 6.95. The minimum absolute atomic E-state index is 0.159. The molecule has 0 bridgehead atoms. The maximum absolute atomic E-state index is 12.6. The summed E-state index contributed by atoms with van der Waals surface area (Å²) in [6.07, 6.45) is 1.84. The van der Waals surface area contributed by atoms with Gasteiger partial charge in [-0.3, -0.25) is 10.1 Å². The zero-order chi connectivity index (χ0) is 20.2. The van der Waals surface area contributed by atoms with Crippen LogP contribution in [0.3, 0.4) is 0 Å². The number of piperidine rings is 1. The highest BCUT2D eigenvalue weighted by molar-refractivity contribution is 6.34. The number of nitrogens with one attached hydrogen (secondary N) is 2. The molecule has 1 aromatic rings. The maximum Gasteiger partial charge on any atom is 0.414 e. The van der Waals surface area contributed by atoms with Crippen molar-refractivity contribution in [3.8, 4) is 5.75 Å². The van der Waals surface area contributed by atoms with Gasteiger partial charge in [0.25, 0.3) is 5.91 Å². The number of amides is 2. The first-order valence-electron chi connectivity index (χ1n) is 9.02. The summed E-state index contributed by atoms with van der Waals surface area (Å²) in [5.41, 5.74) is 6.73. The molecule has 4 N–H and O–H groups in total. The van der Waals surface area contributed by atoms with Crippen molar-refractivity contribution < 1.29 is 19.1 Å². The minimum atomic E-state index is -0.831. The molecule has 0 saturated carbocycles. The number of alkyl carbamates (subject to hydrolysis) is 1.